The Kier molecular flexibility index (Phi) is 5.63. The Morgan fingerprint density at radius 1 is 1.20 bits per heavy atom. The third kappa shape index (κ3) is 4.54. The number of hydrogen-bond donors (Lipinski definition) is 0. The van der Waals surface area contributed by atoms with Crippen molar-refractivity contribution in [3.63, 3.8) is 0 Å². The van der Waals surface area contributed by atoms with Crippen molar-refractivity contribution in [1.29, 1.82) is 0 Å². The molecule has 128 valence electrons. The van der Waals surface area contributed by atoms with Gasteiger partial charge in [-0.25, -0.2) is 4.98 Å². The molecule has 0 saturated carbocycles. The van der Waals surface area contributed by atoms with Crippen molar-refractivity contribution in [2.75, 3.05) is 0 Å². The number of carbonyl (C=O) groups is 2. The van der Waals surface area contributed by atoms with Crippen molar-refractivity contribution in [3.05, 3.63) is 62.8 Å². The van der Waals surface area contributed by atoms with Crippen molar-refractivity contribution in [2.24, 2.45) is 0 Å². The summed E-state index contributed by atoms with van der Waals surface area (Å²) in [6, 6.07) is 8.47. The fourth-order valence-electron chi connectivity index (χ4n) is 2.20. The number of carbonyl (C=O) groups excluding carboxylic acids is 2. The molecule has 1 aromatic carbocycles. The Hall–Kier alpha value is -2.02. The van der Waals surface area contributed by atoms with Gasteiger partial charge in [0.1, 0.15) is 5.01 Å². The Balaban J connectivity index is 1.58. The molecule has 0 aliphatic heterocycles. The number of esters is 1. The molecule has 0 saturated heterocycles. The summed E-state index contributed by atoms with van der Waals surface area (Å²) < 4.78 is 5.25. The first-order valence-electron chi connectivity index (χ1n) is 7.49. The smallest absolute Gasteiger partial charge is 0.312 e. The van der Waals surface area contributed by atoms with E-state index in [0.717, 1.165) is 10.6 Å². The Morgan fingerprint density at radius 3 is 2.64 bits per heavy atom. The van der Waals surface area contributed by atoms with Gasteiger partial charge < -0.3 is 4.74 Å². The highest BCUT2D eigenvalue weighted by Gasteiger charge is 2.20. The van der Waals surface area contributed by atoms with Crippen LogP contribution in [0.25, 0.3) is 10.6 Å². The SMILES string of the molecule is C[C@H](OC(=O)Cc1csc(-c2ccsc2)n1)C(=O)c1ccc(Cl)cc1. The topological polar surface area (TPSA) is 56.3 Å². The van der Waals surface area contributed by atoms with E-state index >= 15 is 0 Å². The minimum Gasteiger partial charge on any atom is -0.454 e. The van der Waals surface area contributed by atoms with E-state index in [0.29, 0.717) is 16.3 Å². The minimum atomic E-state index is -0.858. The lowest BCUT2D eigenvalue weighted by molar-refractivity contribution is -0.145. The molecule has 0 spiro atoms. The summed E-state index contributed by atoms with van der Waals surface area (Å²) in [7, 11) is 0. The number of nitrogens with zero attached hydrogens (tertiary/aromatic N) is 1. The van der Waals surface area contributed by atoms with Crippen LogP contribution in [0.15, 0.2) is 46.5 Å². The van der Waals surface area contributed by atoms with E-state index < -0.39 is 12.1 Å². The first-order chi connectivity index (χ1) is 12.0. The van der Waals surface area contributed by atoms with Gasteiger partial charge in [0.2, 0.25) is 5.78 Å². The maximum Gasteiger partial charge on any atom is 0.312 e. The van der Waals surface area contributed by atoms with E-state index in [4.69, 9.17) is 16.3 Å². The molecule has 4 nitrogen and oxygen atoms in total. The molecule has 3 rings (SSSR count). The fraction of sp³-hybridized carbons (Fsp3) is 0.167. The number of thiazole rings is 1. The fourth-order valence-corrected chi connectivity index (χ4v) is 3.85. The molecule has 3 aromatic rings. The van der Waals surface area contributed by atoms with Gasteiger partial charge in [-0.3, -0.25) is 9.59 Å². The van der Waals surface area contributed by atoms with Gasteiger partial charge in [0, 0.05) is 26.9 Å². The number of rotatable bonds is 6. The quantitative estimate of drug-likeness (QED) is 0.443. The number of ether oxygens (including phenoxy) is 1. The van der Waals surface area contributed by atoms with Crippen molar-refractivity contribution in [2.45, 2.75) is 19.4 Å². The maximum absolute atomic E-state index is 12.3. The second kappa shape index (κ2) is 7.91. The average molecular weight is 392 g/mol. The normalized spacial score (nSPS) is 11.9. The first-order valence-corrected chi connectivity index (χ1v) is 9.69. The van der Waals surface area contributed by atoms with E-state index in [9.17, 15) is 9.59 Å². The molecule has 0 aliphatic carbocycles. The van der Waals surface area contributed by atoms with Crippen LogP contribution >= 0.6 is 34.3 Å². The average Bonchev–Trinajstić information content (AvgIpc) is 3.26. The van der Waals surface area contributed by atoms with Crippen LogP contribution in [0.4, 0.5) is 0 Å². The van der Waals surface area contributed by atoms with E-state index in [-0.39, 0.29) is 12.2 Å². The van der Waals surface area contributed by atoms with E-state index in [1.807, 2.05) is 22.2 Å². The predicted molar refractivity (Wildman–Crippen MR) is 100 cm³/mol. The van der Waals surface area contributed by atoms with Crippen LogP contribution in [-0.4, -0.2) is 22.8 Å². The highest BCUT2D eigenvalue weighted by Crippen LogP contribution is 2.26. The van der Waals surface area contributed by atoms with Gasteiger partial charge >= 0.3 is 5.97 Å². The lowest BCUT2D eigenvalue weighted by Gasteiger charge is -2.12. The third-order valence-corrected chi connectivity index (χ3v) is 5.33. The van der Waals surface area contributed by atoms with Crippen molar-refractivity contribution in [3.8, 4) is 10.6 Å². The zero-order chi connectivity index (χ0) is 17.8. The molecule has 0 amide bonds. The number of halogens is 1. The van der Waals surface area contributed by atoms with E-state index in [1.165, 1.54) is 11.3 Å². The van der Waals surface area contributed by atoms with Gasteiger partial charge in [0.05, 0.1) is 12.1 Å². The first kappa shape index (κ1) is 17.8. The largest absolute Gasteiger partial charge is 0.454 e. The predicted octanol–water partition coefficient (Wildman–Crippen LogP) is 4.88. The third-order valence-electron chi connectivity index (χ3n) is 3.45. The number of ketones is 1. The monoisotopic (exact) mass is 391 g/mol. The standard InChI is InChI=1S/C18H14ClNO3S2/c1-11(17(22)12-2-4-14(19)5-3-12)23-16(21)8-15-10-25-18(20-15)13-6-7-24-9-13/h2-7,9-11H,8H2,1H3/t11-/m0/s1. The number of hydrogen-bond acceptors (Lipinski definition) is 6. The van der Waals surface area contributed by atoms with Crippen molar-refractivity contribution < 1.29 is 14.3 Å². The van der Waals surface area contributed by atoms with Crippen LogP contribution in [0.2, 0.25) is 5.02 Å². The van der Waals surface area contributed by atoms with E-state index in [2.05, 4.69) is 4.98 Å². The Bertz CT molecular complexity index is 872. The lowest BCUT2D eigenvalue weighted by Crippen LogP contribution is -2.25. The summed E-state index contributed by atoms with van der Waals surface area (Å²) in [6.07, 6.45) is -0.817. The van der Waals surface area contributed by atoms with Crippen LogP contribution in [0, 0.1) is 0 Å². The lowest BCUT2D eigenvalue weighted by atomic mass is 10.1. The summed E-state index contributed by atoms with van der Waals surface area (Å²) in [5, 5.41) is 7.24. The molecular weight excluding hydrogens is 378 g/mol. The van der Waals surface area contributed by atoms with Crippen molar-refractivity contribution >= 4 is 46.0 Å². The van der Waals surface area contributed by atoms with Crippen LogP contribution in [0.1, 0.15) is 23.0 Å². The molecule has 2 heterocycles. The highest BCUT2D eigenvalue weighted by atomic mass is 35.5. The van der Waals surface area contributed by atoms with Crippen LogP contribution < -0.4 is 0 Å². The molecule has 0 bridgehead atoms. The summed E-state index contributed by atoms with van der Waals surface area (Å²) in [5.74, 6) is -0.737. The Morgan fingerprint density at radius 2 is 1.96 bits per heavy atom. The molecular formula is C18H14ClNO3S2. The summed E-state index contributed by atoms with van der Waals surface area (Å²) >= 11 is 8.89. The van der Waals surface area contributed by atoms with Crippen LogP contribution in [-0.2, 0) is 16.0 Å². The Labute approximate surface area is 158 Å². The van der Waals surface area contributed by atoms with Gasteiger partial charge in [-0.2, -0.15) is 11.3 Å². The second-order valence-electron chi connectivity index (χ2n) is 5.34. The minimum absolute atomic E-state index is 0.0406. The number of Topliss-reactive ketones (excluding diaryl/α,β-unsaturated/α-hetero) is 1. The van der Waals surface area contributed by atoms with Crippen molar-refractivity contribution in [1.82, 2.24) is 4.98 Å². The summed E-state index contributed by atoms with van der Waals surface area (Å²) in [6.45, 7) is 1.56. The molecule has 0 N–H and O–H groups in total. The molecule has 0 radical (unpaired) electrons. The molecule has 1 atom stereocenters. The van der Waals surface area contributed by atoms with Gasteiger partial charge in [-0.15, -0.1) is 11.3 Å². The molecule has 25 heavy (non-hydrogen) atoms. The summed E-state index contributed by atoms with van der Waals surface area (Å²) in [4.78, 5) is 28.8. The molecule has 7 heteroatoms. The van der Waals surface area contributed by atoms with Crippen LogP contribution in [0.5, 0.6) is 0 Å². The maximum atomic E-state index is 12.3. The molecule has 2 aromatic heterocycles. The number of thiophene rings is 1. The van der Waals surface area contributed by atoms with Gasteiger partial charge in [0.25, 0.3) is 0 Å². The number of aromatic nitrogens is 1. The van der Waals surface area contributed by atoms with Gasteiger partial charge in [0.15, 0.2) is 6.10 Å². The van der Waals surface area contributed by atoms with E-state index in [1.54, 1.807) is 42.5 Å². The molecule has 0 aliphatic rings. The zero-order valence-electron chi connectivity index (χ0n) is 13.3. The van der Waals surface area contributed by atoms with Crippen LogP contribution in [0.3, 0.4) is 0 Å². The molecule has 0 unspecified atom stereocenters. The molecule has 0 fully saturated rings. The van der Waals surface area contributed by atoms with Gasteiger partial charge in [-0.05, 0) is 42.6 Å². The highest BCUT2D eigenvalue weighted by molar-refractivity contribution is 7.14. The second-order valence-corrected chi connectivity index (χ2v) is 7.41. The van der Waals surface area contributed by atoms with Gasteiger partial charge in [-0.1, -0.05) is 11.6 Å². The number of benzene rings is 1. The zero-order valence-corrected chi connectivity index (χ0v) is 15.7. The summed E-state index contributed by atoms with van der Waals surface area (Å²) in [5.41, 5.74) is 2.14.